The van der Waals surface area contributed by atoms with Crippen molar-refractivity contribution in [2.45, 2.75) is 32.2 Å². The van der Waals surface area contributed by atoms with E-state index in [9.17, 15) is 9.18 Å². The van der Waals surface area contributed by atoms with Crippen LogP contribution in [0.25, 0.3) is 0 Å². The predicted molar refractivity (Wildman–Crippen MR) is 116 cm³/mol. The monoisotopic (exact) mass is 421 g/mol. The largest absolute Gasteiger partial charge is 0.489 e. The molecule has 0 saturated carbocycles. The van der Waals surface area contributed by atoms with Gasteiger partial charge < -0.3 is 20.1 Å². The molecular weight excluding hydrogens is 397 g/mol. The van der Waals surface area contributed by atoms with Gasteiger partial charge in [-0.25, -0.2) is 4.39 Å². The molecule has 0 bridgehead atoms. The summed E-state index contributed by atoms with van der Waals surface area (Å²) in [5, 5.41) is 12.4. The molecule has 0 amide bonds. The van der Waals surface area contributed by atoms with Gasteiger partial charge in [0, 0.05) is 36.3 Å². The van der Waals surface area contributed by atoms with E-state index in [1.54, 1.807) is 6.07 Å². The second-order valence-electron chi connectivity index (χ2n) is 7.69. The van der Waals surface area contributed by atoms with Crippen LogP contribution < -0.4 is 10.1 Å². The number of rotatable bonds is 7. The SMILES string of the molecule is CC(CC(=O)O)N1C=CC2=C(C=NC(c3ccc(OCc4cccc(F)c4)cc3)N2)C1. The van der Waals surface area contributed by atoms with Crippen LogP contribution in [0, 0.1) is 5.82 Å². The second kappa shape index (κ2) is 9.04. The summed E-state index contributed by atoms with van der Waals surface area (Å²) in [5.74, 6) is -0.379. The van der Waals surface area contributed by atoms with E-state index in [0.717, 1.165) is 22.4 Å². The molecule has 2 aliphatic heterocycles. The zero-order chi connectivity index (χ0) is 21.8. The van der Waals surface area contributed by atoms with Crippen LogP contribution in [-0.4, -0.2) is 34.8 Å². The average molecular weight is 421 g/mol. The van der Waals surface area contributed by atoms with Crippen LogP contribution in [0.1, 0.15) is 30.6 Å². The predicted octanol–water partition coefficient (Wildman–Crippen LogP) is 4.02. The van der Waals surface area contributed by atoms with Gasteiger partial charge in [0.1, 0.15) is 24.3 Å². The van der Waals surface area contributed by atoms with E-state index >= 15 is 0 Å². The van der Waals surface area contributed by atoms with E-state index in [2.05, 4.69) is 10.3 Å². The Hall–Kier alpha value is -3.61. The minimum Gasteiger partial charge on any atom is -0.489 e. The molecule has 2 atom stereocenters. The van der Waals surface area contributed by atoms with Crippen LogP contribution in [-0.2, 0) is 11.4 Å². The van der Waals surface area contributed by atoms with Crippen LogP contribution in [0.5, 0.6) is 5.75 Å². The fraction of sp³-hybridized carbons (Fsp3) is 0.250. The van der Waals surface area contributed by atoms with Gasteiger partial charge in [0.25, 0.3) is 0 Å². The lowest BCUT2D eigenvalue weighted by molar-refractivity contribution is -0.138. The summed E-state index contributed by atoms with van der Waals surface area (Å²) in [4.78, 5) is 17.6. The fourth-order valence-electron chi connectivity index (χ4n) is 3.59. The molecular formula is C24H24FN3O3. The average Bonchev–Trinajstić information content (AvgIpc) is 2.77. The molecule has 2 aliphatic rings. The Kier molecular flexibility index (Phi) is 6.02. The third kappa shape index (κ3) is 5.12. The molecule has 6 nitrogen and oxygen atoms in total. The maximum absolute atomic E-state index is 13.3. The number of nitrogens with one attached hydrogen (secondary N) is 1. The maximum Gasteiger partial charge on any atom is 0.305 e. The molecule has 0 aromatic heterocycles. The van der Waals surface area contributed by atoms with Crippen molar-refractivity contribution in [2.24, 2.45) is 4.99 Å². The Balaban J connectivity index is 1.35. The van der Waals surface area contributed by atoms with E-state index in [1.165, 1.54) is 12.1 Å². The number of benzene rings is 2. The Labute approximate surface area is 180 Å². The third-order valence-corrected chi connectivity index (χ3v) is 5.33. The molecule has 2 N–H and O–H groups in total. The number of ether oxygens (including phenoxy) is 1. The number of carbonyl (C=O) groups is 1. The van der Waals surface area contributed by atoms with Gasteiger partial charge in [0.15, 0.2) is 0 Å². The molecule has 2 aromatic rings. The standard InChI is InChI=1S/C24H24FN3O3/c1-16(11-23(29)30)28-10-9-22-19(14-28)13-26-24(27-22)18-5-7-21(8-6-18)31-15-17-3-2-4-20(25)12-17/h2-10,12-13,16,24,27H,11,14-15H2,1H3,(H,29,30). The summed E-state index contributed by atoms with van der Waals surface area (Å²) in [6.45, 7) is 2.82. The highest BCUT2D eigenvalue weighted by atomic mass is 19.1. The van der Waals surface area contributed by atoms with E-state index in [0.29, 0.717) is 18.9 Å². The van der Waals surface area contributed by atoms with E-state index in [4.69, 9.17) is 9.84 Å². The quantitative estimate of drug-likeness (QED) is 0.706. The molecule has 2 heterocycles. The van der Waals surface area contributed by atoms with Crippen LogP contribution in [0.2, 0.25) is 0 Å². The topological polar surface area (TPSA) is 74.2 Å². The van der Waals surface area contributed by atoms with Crippen molar-refractivity contribution in [1.29, 1.82) is 0 Å². The lowest BCUT2D eigenvalue weighted by atomic mass is 10.0. The number of nitrogens with zero attached hydrogens (tertiary/aromatic N) is 2. The van der Waals surface area contributed by atoms with Gasteiger partial charge in [0.05, 0.1) is 6.42 Å². The zero-order valence-electron chi connectivity index (χ0n) is 17.2. The number of hydrogen-bond acceptors (Lipinski definition) is 5. The van der Waals surface area contributed by atoms with Crippen molar-refractivity contribution in [3.8, 4) is 5.75 Å². The summed E-state index contributed by atoms with van der Waals surface area (Å²) in [6, 6.07) is 13.9. The summed E-state index contributed by atoms with van der Waals surface area (Å²) >= 11 is 0. The highest BCUT2D eigenvalue weighted by Crippen LogP contribution is 2.26. The van der Waals surface area contributed by atoms with Crippen LogP contribution in [0.15, 0.2) is 77.1 Å². The molecule has 31 heavy (non-hydrogen) atoms. The maximum atomic E-state index is 13.3. The number of aliphatic carboxylic acids is 1. The lowest BCUT2D eigenvalue weighted by Crippen LogP contribution is -2.37. The van der Waals surface area contributed by atoms with Crippen molar-refractivity contribution >= 4 is 12.2 Å². The number of halogens is 1. The van der Waals surface area contributed by atoms with Gasteiger partial charge >= 0.3 is 5.97 Å². The third-order valence-electron chi connectivity index (χ3n) is 5.33. The minimum absolute atomic E-state index is 0.0890. The number of aliphatic imine (C=N–C) groups is 1. The Morgan fingerprint density at radius 1 is 1.32 bits per heavy atom. The molecule has 4 rings (SSSR count). The first-order chi connectivity index (χ1) is 15.0. The van der Waals surface area contributed by atoms with Gasteiger partial charge in [0.2, 0.25) is 0 Å². The van der Waals surface area contributed by atoms with Crippen molar-refractivity contribution in [3.05, 3.63) is 89.0 Å². The van der Waals surface area contributed by atoms with Crippen LogP contribution >= 0.6 is 0 Å². The number of allylic oxidation sites excluding steroid dienone is 1. The number of hydrogen-bond donors (Lipinski definition) is 2. The molecule has 0 aliphatic carbocycles. The fourth-order valence-corrected chi connectivity index (χ4v) is 3.59. The highest BCUT2D eigenvalue weighted by molar-refractivity contribution is 5.82. The van der Waals surface area contributed by atoms with Crippen LogP contribution in [0.4, 0.5) is 4.39 Å². The van der Waals surface area contributed by atoms with Crippen molar-refractivity contribution < 1.29 is 19.0 Å². The molecule has 160 valence electrons. The molecule has 0 fully saturated rings. The minimum atomic E-state index is -0.806. The van der Waals surface area contributed by atoms with E-state index in [-0.39, 0.29) is 24.4 Å². The molecule has 0 saturated heterocycles. The van der Waals surface area contributed by atoms with Gasteiger partial charge in [-0.2, -0.15) is 0 Å². The Morgan fingerprint density at radius 3 is 2.87 bits per heavy atom. The van der Waals surface area contributed by atoms with E-state index < -0.39 is 5.97 Å². The van der Waals surface area contributed by atoms with Crippen molar-refractivity contribution in [1.82, 2.24) is 10.2 Å². The summed E-state index contributed by atoms with van der Waals surface area (Å²) in [6.07, 6.45) is 5.64. The molecule has 7 heteroatoms. The molecule has 2 aromatic carbocycles. The smallest absolute Gasteiger partial charge is 0.305 e. The van der Waals surface area contributed by atoms with Gasteiger partial charge in [-0.15, -0.1) is 0 Å². The summed E-state index contributed by atoms with van der Waals surface area (Å²) < 4.78 is 19.0. The van der Waals surface area contributed by atoms with Gasteiger partial charge in [-0.1, -0.05) is 24.3 Å². The first-order valence-corrected chi connectivity index (χ1v) is 10.1. The number of carboxylic acids is 1. The zero-order valence-corrected chi connectivity index (χ0v) is 17.2. The van der Waals surface area contributed by atoms with Crippen molar-refractivity contribution in [3.63, 3.8) is 0 Å². The molecule has 2 unspecified atom stereocenters. The van der Waals surface area contributed by atoms with Gasteiger partial charge in [-0.3, -0.25) is 9.79 Å². The van der Waals surface area contributed by atoms with E-state index in [1.807, 2.05) is 60.6 Å². The van der Waals surface area contributed by atoms with Gasteiger partial charge in [-0.05, 0) is 48.4 Å². The van der Waals surface area contributed by atoms with Crippen LogP contribution in [0.3, 0.4) is 0 Å². The Morgan fingerprint density at radius 2 is 2.13 bits per heavy atom. The highest BCUT2D eigenvalue weighted by Gasteiger charge is 2.23. The lowest BCUT2D eigenvalue weighted by Gasteiger charge is -2.33. The number of carboxylic acid groups (broad SMARTS) is 1. The summed E-state index contributed by atoms with van der Waals surface area (Å²) in [7, 11) is 0. The van der Waals surface area contributed by atoms with Crippen molar-refractivity contribution in [2.75, 3.05) is 6.54 Å². The molecule has 0 spiro atoms. The second-order valence-corrected chi connectivity index (χ2v) is 7.69. The first-order valence-electron chi connectivity index (χ1n) is 10.1. The Bertz CT molecular complexity index is 1050. The summed E-state index contributed by atoms with van der Waals surface area (Å²) in [5.41, 5.74) is 3.80. The normalized spacial score (nSPS) is 18.4. The molecule has 0 radical (unpaired) electrons. The first kappa shape index (κ1) is 20.7.